The van der Waals surface area contributed by atoms with E-state index in [1.54, 1.807) is 23.9 Å². The van der Waals surface area contributed by atoms with Crippen molar-refractivity contribution in [1.29, 1.82) is 0 Å². The molecule has 0 spiro atoms. The lowest BCUT2D eigenvalue weighted by Crippen LogP contribution is -2.51. The number of nitrogens with zero attached hydrogens (tertiary/aromatic N) is 8. The number of hydrogen-bond acceptors (Lipinski definition) is 7. The standard InChI is InChI=1S/C29H28F2N8O2S/c1-37-17-33-28(35-37)42(2,41)39(22-9-10-22)23-6-3-18-13-26-25(34-36-38(26)21-7-4-19(30)5-8-21)16-29(18,15-23)27(40)24-14-20(31)11-12-32-24/h4-5,7-8,11-14,17,22-23H,2-3,6,9-10,15-16H2,1H3/t23-,29+,42?/m0/s1. The lowest BCUT2D eigenvalue weighted by atomic mass is 9.61. The summed E-state index contributed by atoms with van der Waals surface area (Å²) in [6.07, 6.45) is 8.11. The number of hydrogen-bond donors (Lipinski definition) is 0. The Morgan fingerprint density at radius 3 is 2.57 bits per heavy atom. The Labute approximate surface area is 241 Å². The van der Waals surface area contributed by atoms with E-state index in [0.717, 1.165) is 24.5 Å². The predicted molar refractivity (Wildman–Crippen MR) is 151 cm³/mol. The Bertz CT molecular complexity index is 1840. The van der Waals surface area contributed by atoms with Gasteiger partial charge in [-0.3, -0.25) is 14.5 Å². The van der Waals surface area contributed by atoms with Gasteiger partial charge in [0, 0.05) is 37.8 Å². The van der Waals surface area contributed by atoms with Crippen molar-refractivity contribution in [3.8, 4) is 5.69 Å². The fourth-order valence-electron chi connectivity index (χ4n) is 6.39. The molecule has 13 heteroatoms. The first-order chi connectivity index (χ1) is 20.2. The van der Waals surface area contributed by atoms with Gasteiger partial charge in [0.05, 0.1) is 32.2 Å². The third-order valence-corrected chi connectivity index (χ3v) is 10.5. The Kier molecular flexibility index (Phi) is 6.21. The number of pyridine rings is 1. The molecule has 0 N–H and O–H groups in total. The maximum atomic E-state index is 14.4. The van der Waals surface area contributed by atoms with Crippen molar-refractivity contribution in [2.24, 2.45) is 12.5 Å². The molecule has 3 atom stereocenters. The van der Waals surface area contributed by atoms with Gasteiger partial charge in [-0.25, -0.2) is 27.0 Å². The van der Waals surface area contributed by atoms with Gasteiger partial charge in [-0.05, 0) is 74.4 Å². The molecule has 3 aromatic heterocycles. The molecule has 0 bridgehead atoms. The van der Waals surface area contributed by atoms with Gasteiger partial charge in [-0.1, -0.05) is 10.8 Å². The van der Waals surface area contributed by atoms with Crippen LogP contribution >= 0.6 is 0 Å². The fraction of sp³-hybridized carbons (Fsp3) is 0.345. The molecule has 3 heterocycles. The van der Waals surface area contributed by atoms with Crippen LogP contribution in [0, 0.1) is 17.0 Å². The van der Waals surface area contributed by atoms with Gasteiger partial charge in [-0.15, -0.1) is 10.2 Å². The number of aryl methyl sites for hydroxylation is 1. The first-order valence-electron chi connectivity index (χ1n) is 13.7. The molecule has 0 saturated heterocycles. The van der Waals surface area contributed by atoms with Crippen LogP contribution in [0.5, 0.6) is 0 Å². The topological polar surface area (TPSA) is 112 Å². The second kappa shape index (κ2) is 9.73. The van der Waals surface area contributed by atoms with Gasteiger partial charge >= 0.3 is 0 Å². The number of halogens is 2. The van der Waals surface area contributed by atoms with Crippen molar-refractivity contribution in [2.45, 2.75) is 55.8 Å². The average Bonchev–Trinajstić information content (AvgIpc) is 3.55. The van der Waals surface area contributed by atoms with Crippen LogP contribution in [0.1, 0.15) is 54.0 Å². The highest BCUT2D eigenvalue weighted by molar-refractivity contribution is 7.98. The number of fused-ring (bicyclic) bond motifs is 2. The van der Waals surface area contributed by atoms with E-state index in [1.807, 2.05) is 10.4 Å². The van der Waals surface area contributed by atoms with E-state index >= 15 is 0 Å². The molecule has 3 aliphatic carbocycles. The summed E-state index contributed by atoms with van der Waals surface area (Å²) in [7, 11) is -1.34. The number of aromatic nitrogens is 7. The van der Waals surface area contributed by atoms with Gasteiger partial charge in [0.25, 0.3) is 0 Å². The van der Waals surface area contributed by atoms with Crippen LogP contribution < -0.4 is 0 Å². The molecule has 7 rings (SSSR count). The van der Waals surface area contributed by atoms with Crippen molar-refractivity contribution in [2.75, 3.05) is 0 Å². The number of benzene rings is 1. The van der Waals surface area contributed by atoms with Crippen LogP contribution in [-0.2, 0) is 23.2 Å². The van der Waals surface area contributed by atoms with Gasteiger partial charge in [0.2, 0.25) is 5.16 Å². The Morgan fingerprint density at radius 2 is 1.88 bits per heavy atom. The molecule has 0 radical (unpaired) electrons. The quantitative estimate of drug-likeness (QED) is 0.239. The van der Waals surface area contributed by atoms with E-state index < -0.39 is 20.9 Å². The number of allylic oxidation sites excluding steroid dienone is 1. The van der Waals surface area contributed by atoms with Gasteiger partial charge in [0.1, 0.15) is 23.7 Å². The van der Waals surface area contributed by atoms with Crippen LogP contribution in [0.15, 0.2) is 59.7 Å². The molecule has 2 fully saturated rings. The zero-order valence-electron chi connectivity index (χ0n) is 22.9. The smallest absolute Gasteiger partial charge is 0.244 e. The van der Waals surface area contributed by atoms with E-state index in [-0.39, 0.29) is 41.0 Å². The van der Waals surface area contributed by atoms with Crippen LogP contribution in [0.4, 0.5) is 8.78 Å². The highest BCUT2D eigenvalue weighted by atomic mass is 32.2. The summed E-state index contributed by atoms with van der Waals surface area (Å²) in [5, 5.41) is 13.2. The zero-order chi connectivity index (χ0) is 29.2. The molecule has 4 aromatic rings. The highest BCUT2D eigenvalue weighted by Gasteiger charge is 2.53. The van der Waals surface area contributed by atoms with Crippen LogP contribution in [0.2, 0.25) is 0 Å². The Morgan fingerprint density at radius 1 is 1.10 bits per heavy atom. The SMILES string of the molecule is C=S(=O)(c1ncn(C)n1)N(C1CC1)[C@H]1CCC2=Cc3c(nnn3-c3ccc(F)cc3)C[C@]2(C(=O)c2cc(F)ccn2)C1. The summed E-state index contributed by atoms with van der Waals surface area (Å²) < 4.78 is 47.3. The van der Waals surface area contributed by atoms with E-state index in [4.69, 9.17) is 0 Å². The van der Waals surface area contributed by atoms with Gasteiger partial charge in [0.15, 0.2) is 5.78 Å². The maximum Gasteiger partial charge on any atom is 0.244 e. The summed E-state index contributed by atoms with van der Waals surface area (Å²) in [6.45, 7) is 0. The molecule has 1 aromatic carbocycles. The minimum absolute atomic E-state index is 0.0237. The molecule has 42 heavy (non-hydrogen) atoms. The molecule has 3 aliphatic rings. The molecule has 216 valence electrons. The number of ketones is 1. The lowest BCUT2D eigenvalue weighted by molar-refractivity contribution is 0.0733. The first kappa shape index (κ1) is 26.8. The summed E-state index contributed by atoms with van der Waals surface area (Å²) >= 11 is 0. The third kappa shape index (κ3) is 4.38. The van der Waals surface area contributed by atoms with E-state index in [0.29, 0.717) is 36.3 Å². The van der Waals surface area contributed by atoms with Crippen LogP contribution in [-0.4, -0.2) is 67.0 Å². The summed E-state index contributed by atoms with van der Waals surface area (Å²) in [6, 6.07) is 8.06. The second-order valence-corrected chi connectivity index (χ2v) is 13.3. The van der Waals surface area contributed by atoms with Crippen LogP contribution in [0.25, 0.3) is 11.8 Å². The summed E-state index contributed by atoms with van der Waals surface area (Å²) in [5.41, 5.74) is 1.71. The molecule has 0 amide bonds. The molecule has 2 saturated carbocycles. The monoisotopic (exact) mass is 590 g/mol. The number of carbonyl (C=O) groups is 1. The van der Waals surface area contributed by atoms with Crippen LogP contribution in [0.3, 0.4) is 0 Å². The highest BCUT2D eigenvalue weighted by Crippen LogP contribution is 2.52. The average molecular weight is 591 g/mol. The Balaban J connectivity index is 1.32. The van der Waals surface area contributed by atoms with E-state index in [1.165, 1.54) is 35.4 Å². The maximum absolute atomic E-state index is 14.4. The third-order valence-electron chi connectivity index (χ3n) is 8.44. The minimum atomic E-state index is -3.05. The second-order valence-electron chi connectivity index (χ2n) is 11.3. The molecule has 1 unspecified atom stereocenters. The minimum Gasteiger partial charge on any atom is -0.291 e. The molecule has 10 nitrogen and oxygen atoms in total. The predicted octanol–water partition coefficient (Wildman–Crippen LogP) is 3.59. The largest absolute Gasteiger partial charge is 0.291 e. The van der Waals surface area contributed by atoms with E-state index in [9.17, 15) is 17.8 Å². The number of carbonyl (C=O) groups excluding carboxylic acids is 1. The molecular formula is C29H28F2N8O2S. The van der Waals surface area contributed by atoms with Gasteiger partial charge < -0.3 is 0 Å². The van der Waals surface area contributed by atoms with Crippen molar-refractivity contribution in [1.82, 2.24) is 39.0 Å². The zero-order valence-corrected chi connectivity index (χ0v) is 23.7. The van der Waals surface area contributed by atoms with Gasteiger partial charge in [-0.2, -0.15) is 0 Å². The first-order valence-corrected chi connectivity index (χ1v) is 15.4. The van der Waals surface area contributed by atoms with Crippen molar-refractivity contribution in [3.05, 3.63) is 83.2 Å². The van der Waals surface area contributed by atoms with Crippen molar-refractivity contribution >= 4 is 27.4 Å². The lowest BCUT2D eigenvalue weighted by Gasteiger charge is -2.46. The fourth-order valence-corrected chi connectivity index (χ4v) is 8.40. The van der Waals surface area contributed by atoms with Crippen molar-refractivity contribution < 1.29 is 17.8 Å². The molecular weight excluding hydrogens is 562 g/mol. The molecule has 0 aliphatic heterocycles. The van der Waals surface area contributed by atoms with E-state index in [2.05, 4.69) is 31.2 Å². The summed E-state index contributed by atoms with van der Waals surface area (Å²) in [4.78, 5) is 22.9. The number of Topliss-reactive ketones (excluding diaryl/α,β-unsaturated/α-hetero) is 1. The van der Waals surface area contributed by atoms with Crippen molar-refractivity contribution in [3.63, 3.8) is 0 Å². The normalized spacial score (nSPS) is 23.1. The summed E-state index contributed by atoms with van der Waals surface area (Å²) in [5.74, 6) is 2.88. The number of rotatable bonds is 7. The Hall–Kier alpha value is -4.10.